The highest BCUT2D eigenvalue weighted by Crippen LogP contribution is 2.15. The highest BCUT2D eigenvalue weighted by Gasteiger charge is 2.15. The van der Waals surface area contributed by atoms with E-state index in [0.717, 1.165) is 0 Å². The van der Waals surface area contributed by atoms with Gasteiger partial charge in [0.25, 0.3) is 5.91 Å². The Morgan fingerprint density at radius 1 is 1.64 bits per heavy atom. The van der Waals surface area contributed by atoms with Crippen LogP contribution < -0.4 is 4.74 Å². The summed E-state index contributed by atoms with van der Waals surface area (Å²) in [6.07, 6.45) is 1.58. The summed E-state index contributed by atoms with van der Waals surface area (Å²) in [7, 11) is 3.26. The Morgan fingerprint density at radius 2 is 2.36 bits per heavy atom. The van der Waals surface area contributed by atoms with Gasteiger partial charge in [0.1, 0.15) is 5.75 Å². The average Bonchev–Trinajstić information content (AvgIpc) is 2.26. The molecule has 0 aliphatic rings. The predicted molar refractivity (Wildman–Crippen MR) is 53.4 cm³/mol. The van der Waals surface area contributed by atoms with Crippen LogP contribution in [0.25, 0.3) is 0 Å². The number of pyridine rings is 1. The van der Waals surface area contributed by atoms with Crippen molar-refractivity contribution in [3.63, 3.8) is 0 Å². The standard InChI is InChI=1S/C10H14N2O2/c1-4-12(2)10(13)9-8(14-3)6-5-7-11-9/h5-7H,4H2,1-3H3. The number of carbonyl (C=O) groups is 1. The van der Waals surface area contributed by atoms with Crippen molar-refractivity contribution in [2.75, 3.05) is 20.7 Å². The van der Waals surface area contributed by atoms with Crippen LogP contribution in [0, 0.1) is 0 Å². The van der Waals surface area contributed by atoms with E-state index in [9.17, 15) is 4.79 Å². The topological polar surface area (TPSA) is 42.4 Å². The summed E-state index contributed by atoms with van der Waals surface area (Å²) in [5.74, 6) is 0.391. The van der Waals surface area contributed by atoms with Crippen molar-refractivity contribution in [2.45, 2.75) is 6.92 Å². The Labute approximate surface area is 83.5 Å². The van der Waals surface area contributed by atoms with E-state index in [0.29, 0.717) is 18.0 Å². The van der Waals surface area contributed by atoms with Crippen LogP contribution in [0.1, 0.15) is 17.4 Å². The molecule has 0 saturated carbocycles. The number of carbonyl (C=O) groups excluding carboxylic acids is 1. The highest BCUT2D eigenvalue weighted by atomic mass is 16.5. The third kappa shape index (κ3) is 2.02. The number of nitrogens with zero attached hydrogens (tertiary/aromatic N) is 2. The van der Waals surface area contributed by atoms with Crippen LogP contribution in [0.3, 0.4) is 0 Å². The summed E-state index contributed by atoms with van der Waals surface area (Å²) >= 11 is 0. The Hall–Kier alpha value is -1.58. The first-order valence-corrected chi connectivity index (χ1v) is 4.45. The van der Waals surface area contributed by atoms with Gasteiger partial charge in [-0.05, 0) is 19.1 Å². The first-order valence-electron chi connectivity index (χ1n) is 4.45. The van der Waals surface area contributed by atoms with E-state index < -0.39 is 0 Å². The van der Waals surface area contributed by atoms with E-state index in [1.807, 2.05) is 6.92 Å². The van der Waals surface area contributed by atoms with Crippen molar-refractivity contribution in [3.05, 3.63) is 24.0 Å². The van der Waals surface area contributed by atoms with Crippen LogP contribution in [0.15, 0.2) is 18.3 Å². The molecular weight excluding hydrogens is 180 g/mol. The van der Waals surface area contributed by atoms with Gasteiger partial charge in [-0.2, -0.15) is 0 Å². The molecule has 1 amide bonds. The number of hydrogen-bond donors (Lipinski definition) is 0. The molecule has 0 spiro atoms. The van der Waals surface area contributed by atoms with Gasteiger partial charge in [0, 0.05) is 19.8 Å². The molecule has 1 aromatic rings. The summed E-state index contributed by atoms with van der Waals surface area (Å²) in [5, 5.41) is 0. The minimum absolute atomic E-state index is 0.120. The lowest BCUT2D eigenvalue weighted by atomic mass is 10.3. The van der Waals surface area contributed by atoms with Gasteiger partial charge in [0.2, 0.25) is 0 Å². The van der Waals surface area contributed by atoms with Gasteiger partial charge in [0.15, 0.2) is 5.69 Å². The second kappa shape index (κ2) is 4.60. The van der Waals surface area contributed by atoms with Crippen LogP contribution in [-0.4, -0.2) is 36.5 Å². The largest absolute Gasteiger partial charge is 0.494 e. The Bertz CT molecular complexity index is 326. The first-order chi connectivity index (χ1) is 6.70. The molecule has 76 valence electrons. The van der Waals surface area contributed by atoms with Crippen molar-refractivity contribution >= 4 is 5.91 Å². The van der Waals surface area contributed by atoms with E-state index in [1.165, 1.54) is 7.11 Å². The quantitative estimate of drug-likeness (QED) is 0.725. The molecule has 0 radical (unpaired) electrons. The lowest BCUT2D eigenvalue weighted by Crippen LogP contribution is -2.27. The van der Waals surface area contributed by atoms with Crippen LogP contribution >= 0.6 is 0 Å². The molecule has 0 unspecified atom stereocenters. The summed E-state index contributed by atoms with van der Waals surface area (Å²) in [5.41, 5.74) is 0.361. The zero-order valence-corrected chi connectivity index (χ0v) is 8.65. The molecule has 0 aromatic carbocycles. The lowest BCUT2D eigenvalue weighted by Gasteiger charge is -2.15. The molecule has 0 fully saturated rings. The molecule has 0 N–H and O–H groups in total. The maximum atomic E-state index is 11.7. The Balaban J connectivity index is 3.00. The summed E-state index contributed by atoms with van der Waals surface area (Å²) in [6, 6.07) is 3.46. The fourth-order valence-corrected chi connectivity index (χ4v) is 1.04. The van der Waals surface area contributed by atoms with E-state index in [1.54, 1.807) is 30.3 Å². The smallest absolute Gasteiger partial charge is 0.276 e. The molecule has 0 aliphatic heterocycles. The maximum Gasteiger partial charge on any atom is 0.276 e. The Kier molecular flexibility index (Phi) is 3.45. The third-order valence-corrected chi connectivity index (χ3v) is 2.01. The van der Waals surface area contributed by atoms with Gasteiger partial charge in [-0.3, -0.25) is 4.79 Å². The molecule has 1 heterocycles. The van der Waals surface area contributed by atoms with E-state index >= 15 is 0 Å². The predicted octanol–water partition coefficient (Wildman–Crippen LogP) is 1.18. The number of ether oxygens (including phenoxy) is 1. The number of aromatic nitrogens is 1. The molecule has 14 heavy (non-hydrogen) atoms. The monoisotopic (exact) mass is 194 g/mol. The highest BCUT2D eigenvalue weighted by molar-refractivity contribution is 5.94. The van der Waals surface area contributed by atoms with Crippen LogP contribution in [-0.2, 0) is 0 Å². The number of methoxy groups -OCH3 is 1. The molecule has 1 aromatic heterocycles. The Morgan fingerprint density at radius 3 is 2.93 bits per heavy atom. The molecule has 0 atom stereocenters. The van der Waals surface area contributed by atoms with E-state index in [4.69, 9.17) is 4.74 Å². The summed E-state index contributed by atoms with van der Waals surface area (Å²) in [6.45, 7) is 2.56. The molecule has 4 nitrogen and oxygen atoms in total. The van der Waals surface area contributed by atoms with Crippen molar-refractivity contribution in [2.24, 2.45) is 0 Å². The molecule has 1 rings (SSSR count). The fourth-order valence-electron chi connectivity index (χ4n) is 1.04. The van der Waals surface area contributed by atoms with Crippen molar-refractivity contribution in [1.29, 1.82) is 0 Å². The zero-order valence-electron chi connectivity index (χ0n) is 8.65. The molecule has 4 heteroatoms. The lowest BCUT2D eigenvalue weighted by molar-refractivity contribution is 0.0793. The third-order valence-electron chi connectivity index (χ3n) is 2.01. The molecule has 0 saturated heterocycles. The van der Waals surface area contributed by atoms with E-state index in [2.05, 4.69) is 4.98 Å². The number of amides is 1. The van der Waals surface area contributed by atoms with Gasteiger partial charge in [0.05, 0.1) is 7.11 Å². The normalized spacial score (nSPS) is 9.64. The average molecular weight is 194 g/mol. The zero-order chi connectivity index (χ0) is 10.6. The van der Waals surface area contributed by atoms with Crippen molar-refractivity contribution in [3.8, 4) is 5.75 Å². The minimum Gasteiger partial charge on any atom is -0.494 e. The SMILES string of the molecule is CCN(C)C(=O)c1ncccc1OC. The van der Waals surface area contributed by atoms with Gasteiger partial charge >= 0.3 is 0 Å². The molecule has 0 bridgehead atoms. The number of hydrogen-bond acceptors (Lipinski definition) is 3. The summed E-state index contributed by atoms with van der Waals surface area (Å²) in [4.78, 5) is 17.3. The van der Waals surface area contributed by atoms with Crippen LogP contribution in [0.5, 0.6) is 5.75 Å². The van der Waals surface area contributed by atoms with Crippen molar-refractivity contribution in [1.82, 2.24) is 9.88 Å². The van der Waals surface area contributed by atoms with Gasteiger partial charge in [-0.1, -0.05) is 0 Å². The van der Waals surface area contributed by atoms with Gasteiger partial charge in [-0.25, -0.2) is 4.98 Å². The molecular formula is C10H14N2O2. The fraction of sp³-hybridized carbons (Fsp3) is 0.400. The first kappa shape index (κ1) is 10.5. The second-order valence-corrected chi connectivity index (χ2v) is 2.87. The van der Waals surface area contributed by atoms with E-state index in [-0.39, 0.29) is 5.91 Å². The van der Waals surface area contributed by atoms with Gasteiger partial charge < -0.3 is 9.64 Å². The van der Waals surface area contributed by atoms with Crippen LogP contribution in [0.2, 0.25) is 0 Å². The van der Waals surface area contributed by atoms with Gasteiger partial charge in [-0.15, -0.1) is 0 Å². The van der Waals surface area contributed by atoms with Crippen LogP contribution in [0.4, 0.5) is 0 Å². The van der Waals surface area contributed by atoms with Crippen molar-refractivity contribution < 1.29 is 9.53 Å². The maximum absolute atomic E-state index is 11.7. The molecule has 0 aliphatic carbocycles. The minimum atomic E-state index is -0.120. The second-order valence-electron chi connectivity index (χ2n) is 2.87. The summed E-state index contributed by atoms with van der Waals surface area (Å²) < 4.78 is 5.05. The number of rotatable bonds is 3.